The number of rotatable bonds is 6. The molecule has 0 aromatic carbocycles. The molecule has 4 nitrogen and oxygen atoms in total. The number of nitrogens with zero attached hydrogens (tertiary/aromatic N) is 1. The average molecular weight is 304 g/mol. The molecule has 0 aliphatic carbocycles. The fraction of sp³-hybridized carbons (Fsp3) is 0.933. The monoisotopic (exact) mass is 303 g/mol. The van der Waals surface area contributed by atoms with E-state index in [0.29, 0.717) is 25.0 Å². The van der Waals surface area contributed by atoms with Gasteiger partial charge in [0.05, 0.1) is 18.8 Å². The molecule has 1 unspecified atom stereocenters. The van der Waals surface area contributed by atoms with Gasteiger partial charge >= 0.3 is 0 Å². The summed E-state index contributed by atoms with van der Waals surface area (Å²) in [5, 5.41) is 0. The summed E-state index contributed by atoms with van der Waals surface area (Å²) in [6.45, 7) is 3.11. The van der Waals surface area contributed by atoms with Crippen molar-refractivity contribution in [1.29, 1.82) is 0 Å². The van der Waals surface area contributed by atoms with Gasteiger partial charge in [0.2, 0.25) is 5.91 Å². The van der Waals surface area contributed by atoms with Gasteiger partial charge in [-0.05, 0) is 38.5 Å². The van der Waals surface area contributed by atoms with Gasteiger partial charge in [0.25, 0.3) is 0 Å². The second-order valence-corrected chi connectivity index (χ2v) is 6.05. The topological polar surface area (TPSA) is 38.8 Å². The van der Waals surface area contributed by atoms with Crippen LogP contribution in [-0.2, 0) is 14.3 Å². The van der Waals surface area contributed by atoms with Gasteiger partial charge in [0.15, 0.2) is 0 Å². The molecule has 2 rings (SSSR count). The van der Waals surface area contributed by atoms with Crippen LogP contribution < -0.4 is 0 Å². The van der Waals surface area contributed by atoms with E-state index in [9.17, 15) is 4.79 Å². The van der Waals surface area contributed by atoms with Gasteiger partial charge in [-0.1, -0.05) is 0 Å². The standard InChI is InChI=1S/C15H26ClNO3/c16-8-12-20-14-6-9-17(10-7-14)15(18)5-4-13-3-1-2-11-19-13/h13-14H,1-12H2. The molecule has 2 fully saturated rings. The van der Waals surface area contributed by atoms with Crippen molar-refractivity contribution in [1.82, 2.24) is 4.90 Å². The van der Waals surface area contributed by atoms with Gasteiger partial charge in [-0.2, -0.15) is 0 Å². The highest BCUT2D eigenvalue weighted by Gasteiger charge is 2.24. The first-order chi connectivity index (χ1) is 9.79. The molecule has 0 radical (unpaired) electrons. The molecule has 0 bridgehead atoms. The van der Waals surface area contributed by atoms with Crippen molar-refractivity contribution in [2.24, 2.45) is 0 Å². The Morgan fingerprint density at radius 2 is 2.05 bits per heavy atom. The fourth-order valence-electron chi connectivity index (χ4n) is 2.96. The Labute approximate surface area is 126 Å². The first kappa shape index (κ1) is 16.1. The molecule has 2 heterocycles. The first-order valence-electron chi connectivity index (χ1n) is 7.86. The highest BCUT2D eigenvalue weighted by Crippen LogP contribution is 2.19. The van der Waals surface area contributed by atoms with E-state index in [1.807, 2.05) is 4.90 Å². The third-order valence-corrected chi connectivity index (χ3v) is 4.33. The summed E-state index contributed by atoms with van der Waals surface area (Å²) in [7, 11) is 0. The van der Waals surface area contributed by atoms with E-state index in [1.54, 1.807) is 0 Å². The average Bonchev–Trinajstić information content (AvgIpc) is 2.52. The zero-order valence-electron chi connectivity index (χ0n) is 12.2. The number of ether oxygens (including phenoxy) is 2. The van der Waals surface area contributed by atoms with E-state index >= 15 is 0 Å². The number of halogens is 1. The first-order valence-corrected chi connectivity index (χ1v) is 8.40. The predicted octanol–water partition coefficient (Wildman–Crippen LogP) is 2.58. The highest BCUT2D eigenvalue weighted by atomic mass is 35.5. The molecular weight excluding hydrogens is 278 g/mol. The SMILES string of the molecule is O=C(CCC1CCCCO1)N1CCC(OCCCl)CC1. The summed E-state index contributed by atoms with van der Waals surface area (Å²) in [4.78, 5) is 14.1. The maximum Gasteiger partial charge on any atom is 0.222 e. The van der Waals surface area contributed by atoms with Crippen LogP contribution in [0, 0.1) is 0 Å². The second-order valence-electron chi connectivity index (χ2n) is 5.67. The Morgan fingerprint density at radius 1 is 1.25 bits per heavy atom. The lowest BCUT2D eigenvalue weighted by Gasteiger charge is -2.32. The van der Waals surface area contributed by atoms with Gasteiger partial charge in [-0.25, -0.2) is 0 Å². The molecule has 1 atom stereocenters. The Bertz CT molecular complexity index is 287. The third kappa shape index (κ3) is 5.23. The van der Waals surface area contributed by atoms with Crippen LogP contribution in [0.4, 0.5) is 0 Å². The van der Waals surface area contributed by atoms with Crippen LogP contribution in [-0.4, -0.2) is 55.2 Å². The molecule has 2 saturated heterocycles. The number of amides is 1. The van der Waals surface area contributed by atoms with Gasteiger partial charge in [0, 0.05) is 32.0 Å². The van der Waals surface area contributed by atoms with E-state index in [0.717, 1.165) is 45.4 Å². The lowest BCUT2D eigenvalue weighted by atomic mass is 10.0. The van der Waals surface area contributed by atoms with Crippen LogP contribution in [0.15, 0.2) is 0 Å². The molecule has 1 amide bonds. The maximum atomic E-state index is 12.2. The van der Waals surface area contributed by atoms with E-state index in [4.69, 9.17) is 21.1 Å². The van der Waals surface area contributed by atoms with E-state index in [1.165, 1.54) is 12.8 Å². The molecule has 5 heteroatoms. The van der Waals surface area contributed by atoms with Crippen molar-refractivity contribution < 1.29 is 14.3 Å². The quantitative estimate of drug-likeness (QED) is 0.708. The Kier molecular flexibility index (Phi) is 7.11. The predicted molar refractivity (Wildman–Crippen MR) is 79.1 cm³/mol. The Morgan fingerprint density at radius 3 is 2.70 bits per heavy atom. The molecule has 0 saturated carbocycles. The van der Waals surface area contributed by atoms with Crippen molar-refractivity contribution in [3.8, 4) is 0 Å². The summed E-state index contributed by atoms with van der Waals surface area (Å²) in [5.41, 5.74) is 0. The molecule has 2 aliphatic heterocycles. The fourth-order valence-corrected chi connectivity index (χ4v) is 3.05. The van der Waals surface area contributed by atoms with Crippen molar-refractivity contribution in [2.45, 2.75) is 57.2 Å². The number of piperidine rings is 1. The van der Waals surface area contributed by atoms with Crippen LogP contribution in [0.2, 0.25) is 0 Å². The van der Waals surface area contributed by atoms with Gasteiger partial charge in [-0.3, -0.25) is 4.79 Å². The van der Waals surface area contributed by atoms with E-state index in [2.05, 4.69) is 0 Å². The molecule has 116 valence electrons. The molecule has 2 aliphatic rings. The number of hydrogen-bond acceptors (Lipinski definition) is 3. The summed E-state index contributed by atoms with van der Waals surface area (Å²) >= 11 is 5.61. The molecule has 0 aromatic heterocycles. The van der Waals surface area contributed by atoms with Crippen LogP contribution in [0.25, 0.3) is 0 Å². The Balaban J connectivity index is 1.61. The number of likely N-dealkylation sites (tertiary alicyclic amines) is 1. The number of alkyl halides is 1. The maximum absolute atomic E-state index is 12.2. The third-order valence-electron chi connectivity index (χ3n) is 4.18. The smallest absolute Gasteiger partial charge is 0.222 e. The van der Waals surface area contributed by atoms with Crippen molar-refractivity contribution in [2.75, 3.05) is 32.2 Å². The number of hydrogen-bond donors (Lipinski definition) is 0. The van der Waals surface area contributed by atoms with Gasteiger partial charge < -0.3 is 14.4 Å². The lowest BCUT2D eigenvalue weighted by Crippen LogP contribution is -2.41. The minimum absolute atomic E-state index is 0.273. The molecule has 20 heavy (non-hydrogen) atoms. The minimum Gasteiger partial charge on any atom is -0.378 e. The Hall–Kier alpha value is -0.320. The second kappa shape index (κ2) is 8.85. The van der Waals surface area contributed by atoms with Crippen molar-refractivity contribution in [3.63, 3.8) is 0 Å². The lowest BCUT2D eigenvalue weighted by molar-refractivity contribution is -0.134. The molecular formula is C15H26ClNO3. The van der Waals surface area contributed by atoms with Crippen LogP contribution in [0.1, 0.15) is 44.9 Å². The molecule has 0 N–H and O–H groups in total. The van der Waals surface area contributed by atoms with E-state index < -0.39 is 0 Å². The van der Waals surface area contributed by atoms with Crippen LogP contribution in [0.5, 0.6) is 0 Å². The van der Waals surface area contributed by atoms with E-state index in [-0.39, 0.29) is 12.0 Å². The highest BCUT2D eigenvalue weighted by molar-refractivity contribution is 6.17. The summed E-state index contributed by atoms with van der Waals surface area (Å²) in [6, 6.07) is 0. The molecule has 0 spiro atoms. The van der Waals surface area contributed by atoms with Gasteiger partial charge in [-0.15, -0.1) is 11.6 Å². The largest absolute Gasteiger partial charge is 0.378 e. The summed E-state index contributed by atoms with van der Waals surface area (Å²) in [6.07, 6.45) is 7.46. The zero-order valence-corrected chi connectivity index (χ0v) is 12.9. The van der Waals surface area contributed by atoms with Crippen LogP contribution in [0.3, 0.4) is 0 Å². The summed E-state index contributed by atoms with van der Waals surface area (Å²) < 4.78 is 11.3. The molecule has 0 aromatic rings. The van der Waals surface area contributed by atoms with Gasteiger partial charge in [0.1, 0.15) is 0 Å². The normalized spacial score (nSPS) is 24.9. The number of carbonyl (C=O) groups is 1. The van der Waals surface area contributed by atoms with Crippen molar-refractivity contribution >= 4 is 17.5 Å². The number of carbonyl (C=O) groups excluding carboxylic acids is 1. The van der Waals surface area contributed by atoms with Crippen molar-refractivity contribution in [3.05, 3.63) is 0 Å². The zero-order chi connectivity index (χ0) is 14.2. The van der Waals surface area contributed by atoms with Crippen LogP contribution >= 0.6 is 11.6 Å². The summed E-state index contributed by atoms with van der Waals surface area (Å²) in [5.74, 6) is 0.815. The minimum atomic E-state index is 0.273.